The van der Waals surface area contributed by atoms with Gasteiger partial charge in [-0.1, -0.05) is 0 Å². The second-order valence-electron chi connectivity index (χ2n) is 6.21. The summed E-state index contributed by atoms with van der Waals surface area (Å²) in [6.07, 6.45) is 3.17. The SMILES string of the molecule is O=C(COc1ccc(F)cn1)NC1CC(NC(=O)COc2ccc(F)cn2)C1. The Morgan fingerprint density at radius 1 is 0.857 bits per heavy atom. The maximum Gasteiger partial charge on any atom is 0.258 e. The van der Waals surface area contributed by atoms with Crippen molar-refractivity contribution in [3.8, 4) is 11.8 Å². The van der Waals surface area contributed by atoms with Crippen LogP contribution in [0.15, 0.2) is 36.7 Å². The third-order valence-electron chi connectivity index (χ3n) is 3.97. The predicted molar refractivity (Wildman–Crippen MR) is 92.5 cm³/mol. The Kier molecular flexibility index (Phi) is 6.30. The van der Waals surface area contributed by atoms with Crippen molar-refractivity contribution in [2.75, 3.05) is 13.2 Å². The summed E-state index contributed by atoms with van der Waals surface area (Å²) in [6, 6.07) is 4.91. The molecule has 10 heteroatoms. The molecule has 2 amide bonds. The van der Waals surface area contributed by atoms with E-state index in [9.17, 15) is 18.4 Å². The summed E-state index contributed by atoms with van der Waals surface area (Å²) < 4.78 is 35.8. The van der Waals surface area contributed by atoms with E-state index in [1.807, 2.05) is 0 Å². The highest BCUT2D eigenvalue weighted by Gasteiger charge is 2.31. The number of hydrogen-bond donors (Lipinski definition) is 2. The first kappa shape index (κ1) is 19.5. The van der Waals surface area contributed by atoms with E-state index in [-0.39, 0.29) is 48.9 Å². The standard InChI is InChI=1S/C18H18F2N4O4/c19-11-1-3-17(21-7-11)27-9-15(25)23-13-5-14(6-13)24-16(26)10-28-18-4-2-12(20)8-22-18/h1-4,7-8,13-14H,5-6,9-10H2,(H,23,25)(H,24,26). The van der Waals surface area contributed by atoms with Crippen molar-refractivity contribution in [1.82, 2.24) is 20.6 Å². The molecule has 1 saturated carbocycles. The molecule has 2 aromatic rings. The van der Waals surface area contributed by atoms with Gasteiger partial charge >= 0.3 is 0 Å². The summed E-state index contributed by atoms with van der Waals surface area (Å²) in [5.74, 6) is -1.31. The Balaban J connectivity index is 1.28. The first-order chi connectivity index (χ1) is 13.5. The van der Waals surface area contributed by atoms with E-state index in [4.69, 9.17) is 9.47 Å². The molecule has 0 aromatic carbocycles. The second kappa shape index (κ2) is 9.07. The average Bonchev–Trinajstić information content (AvgIpc) is 2.65. The molecule has 1 aliphatic rings. The Bertz CT molecular complexity index is 744. The molecule has 0 bridgehead atoms. The fourth-order valence-electron chi connectivity index (χ4n) is 2.57. The predicted octanol–water partition coefficient (Wildman–Crippen LogP) is 0.976. The lowest BCUT2D eigenvalue weighted by Crippen LogP contribution is -2.55. The highest BCUT2D eigenvalue weighted by atomic mass is 19.1. The van der Waals surface area contributed by atoms with Gasteiger partial charge in [0.2, 0.25) is 11.8 Å². The van der Waals surface area contributed by atoms with E-state index < -0.39 is 11.6 Å². The molecule has 0 unspecified atom stereocenters. The molecular formula is C18H18F2N4O4. The van der Waals surface area contributed by atoms with Crippen molar-refractivity contribution < 1.29 is 27.8 Å². The lowest BCUT2D eigenvalue weighted by Gasteiger charge is -2.36. The summed E-state index contributed by atoms with van der Waals surface area (Å²) in [6.45, 7) is -0.463. The van der Waals surface area contributed by atoms with Gasteiger partial charge in [0.15, 0.2) is 13.2 Å². The minimum Gasteiger partial charge on any atom is -0.468 e. The smallest absolute Gasteiger partial charge is 0.258 e. The summed E-state index contributed by atoms with van der Waals surface area (Å²) in [5.41, 5.74) is 0. The maximum absolute atomic E-state index is 12.7. The van der Waals surface area contributed by atoms with Gasteiger partial charge in [0.1, 0.15) is 11.6 Å². The first-order valence-corrected chi connectivity index (χ1v) is 8.55. The van der Waals surface area contributed by atoms with Crippen molar-refractivity contribution in [1.29, 1.82) is 0 Å². The number of aromatic nitrogens is 2. The topological polar surface area (TPSA) is 102 Å². The molecular weight excluding hydrogens is 374 g/mol. The number of carbonyl (C=O) groups excluding carboxylic acids is 2. The van der Waals surface area contributed by atoms with E-state index in [1.54, 1.807) is 0 Å². The molecule has 8 nitrogen and oxygen atoms in total. The number of ether oxygens (including phenoxy) is 2. The monoisotopic (exact) mass is 392 g/mol. The minimum atomic E-state index is -0.487. The number of amides is 2. The number of hydrogen-bond acceptors (Lipinski definition) is 6. The van der Waals surface area contributed by atoms with Crippen LogP contribution in [0.2, 0.25) is 0 Å². The zero-order valence-electron chi connectivity index (χ0n) is 14.7. The molecule has 1 aliphatic carbocycles. The van der Waals surface area contributed by atoms with Crippen molar-refractivity contribution >= 4 is 11.8 Å². The fraction of sp³-hybridized carbons (Fsp3) is 0.333. The van der Waals surface area contributed by atoms with Crippen LogP contribution in [0.1, 0.15) is 12.8 Å². The van der Waals surface area contributed by atoms with Crippen LogP contribution in [0.5, 0.6) is 11.8 Å². The van der Waals surface area contributed by atoms with Crippen LogP contribution in [0, 0.1) is 11.6 Å². The normalized spacial score (nSPS) is 17.9. The molecule has 28 heavy (non-hydrogen) atoms. The highest BCUT2D eigenvalue weighted by Crippen LogP contribution is 2.20. The van der Waals surface area contributed by atoms with Crippen LogP contribution >= 0.6 is 0 Å². The maximum atomic E-state index is 12.7. The van der Waals surface area contributed by atoms with E-state index in [2.05, 4.69) is 20.6 Å². The van der Waals surface area contributed by atoms with Crippen LogP contribution in [-0.2, 0) is 9.59 Å². The molecule has 2 N–H and O–H groups in total. The van der Waals surface area contributed by atoms with Gasteiger partial charge in [-0.05, 0) is 25.0 Å². The van der Waals surface area contributed by atoms with E-state index in [0.29, 0.717) is 12.8 Å². The molecule has 2 aromatic heterocycles. The highest BCUT2D eigenvalue weighted by molar-refractivity contribution is 5.79. The van der Waals surface area contributed by atoms with Crippen LogP contribution in [0.3, 0.4) is 0 Å². The van der Waals surface area contributed by atoms with E-state index >= 15 is 0 Å². The molecule has 0 atom stereocenters. The van der Waals surface area contributed by atoms with Gasteiger partial charge in [-0.15, -0.1) is 0 Å². The quantitative estimate of drug-likeness (QED) is 0.694. The molecule has 3 rings (SSSR count). The number of nitrogens with zero attached hydrogens (tertiary/aromatic N) is 2. The Morgan fingerprint density at radius 3 is 1.64 bits per heavy atom. The van der Waals surface area contributed by atoms with Gasteiger partial charge in [0.05, 0.1) is 12.4 Å². The third kappa shape index (κ3) is 5.86. The van der Waals surface area contributed by atoms with Gasteiger partial charge in [-0.3, -0.25) is 9.59 Å². The van der Waals surface area contributed by atoms with Crippen LogP contribution in [0.4, 0.5) is 8.78 Å². The molecule has 148 valence electrons. The van der Waals surface area contributed by atoms with Crippen LogP contribution in [-0.4, -0.2) is 47.1 Å². The summed E-state index contributed by atoms with van der Waals surface area (Å²) in [4.78, 5) is 31.0. The first-order valence-electron chi connectivity index (χ1n) is 8.55. The molecule has 0 spiro atoms. The molecule has 0 saturated heterocycles. The zero-order valence-corrected chi connectivity index (χ0v) is 14.7. The Hall–Kier alpha value is -3.30. The summed E-state index contributed by atoms with van der Waals surface area (Å²) in [7, 11) is 0. The van der Waals surface area contributed by atoms with Crippen LogP contribution < -0.4 is 20.1 Å². The van der Waals surface area contributed by atoms with Gasteiger partial charge < -0.3 is 20.1 Å². The largest absolute Gasteiger partial charge is 0.468 e. The van der Waals surface area contributed by atoms with Crippen molar-refractivity contribution in [2.24, 2.45) is 0 Å². The van der Waals surface area contributed by atoms with Crippen molar-refractivity contribution in [3.05, 3.63) is 48.3 Å². The number of halogens is 2. The van der Waals surface area contributed by atoms with Gasteiger partial charge in [-0.2, -0.15) is 0 Å². The number of carbonyl (C=O) groups is 2. The summed E-state index contributed by atoms with van der Waals surface area (Å²) >= 11 is 0. The number of rotatable bonds is 8. The number of pyridine rings is 2. The number of nitrogens with one attached hydrogen (secondary N) is 2. The van der Waals surface area contributed by atoms with Crippen LogP contribution in [0.25, 0.3) is 0 Å². The zero-order chi connectivity index (χ0) is 19.9. The molecule has 2 heterocycles. The van der Waals surface area contributed by atoms with Gasteiger partial charge in [0.25, 0.3) is 11.8 Å². The fourth-order valence-corrected chi connectivity index (χ4v) is 2.57. The molecule has 0 radical (unpaired) electrons. The molecule has 1 fully saturated rings. The minimum absolute atomic E-state index is 0.0674. The van der Waals surface area contributed by atoms with Gasteiger partial charge in [-0.25, -0.2) is 18.7 Å². The Morgan fingerprint density at radius 2 is 1.29 bits per heavy atom. The third-order valence-corrected chi connectivity index (χ3v) is 3.97. The van der Waals surface area contributed by atoms with Crippen molar-refractivity contribution in [2.45, 2.75) is 24.9 Å². The summed E-state index contributed by atoms with van der Waals surface area (Å²) in [5, 5.41) is 5.54. The molecule has 0 aliphatic heterocycles. The Labute approximate surface area is 159 Å². The lowest BCUT2D eigenvalue weighted by atomic mass is 9.86. The van der Waals surface area contributed by atoms with Crippen molar-refractivity contribution in [3.63, 3.8) is 0 Å². The van der Waals surface area contributed by atoms with Gasteiger partial charge in [0, 0.05) is 24.2 Å². The van der Waals surface area contributed by atoms with E-state index in [0.717, 1.165) is 12.4 Å². The lowest BCUT2D eigenvalue weighted by molar-refractivity contribution is -0.125. The second-order valence-corrected chi connectivity index (χ2v) is 6.21. The van der Waals surface area contributed by atoms with E-state index in [1.165, 1.54) is 24.3 Å². The average molecular weight is 392 g/mol.